The normalized spacial score (nSPS) is 21.9. The quantitative estimate of drug-likeness (QED) is 0.566. The van der Waals surface area contributed by atoms with Crippen LogP contribution >= 0.6 is 0 Å². The molecule has 0 aromatic heterocycles. The summed E-state index contributed by atoms with van der Waals surface area (Å²) in [6, 6.07) is 0. The fraction of sp³-hybridized carbons (Fsp3) is 0.778. The molecule has 74 valence electrons. The molecular formula is C9H15NO2S. The van der Waals surface area contributed by atoms with Crippen LogP contribution in [0.4, 0.5) is 0 Å². The summed E-state index contributed by atoms with van der Waals surface area (Å²) in [4.78, 5) is 2.09. The second-order valence-electron chi connectivity index (χ2n) is 3.14. The Labute approximate surface area is 80.0 Å². The molecular weight excluding hydrogens is 186 g/mol. The topological polar surface area (TPSA) is 37.4 Å². The van der Waals surface area contributed by atoms with Crippen molar-refractivity contribution in [3.05, 3.63) is 0 Å². The Kier molecular flexibility index (Phi) is 3.76. The fourth-order valence-corrected chi connectivity index (χ4v) is 2.48. The van der Waals surface area contributed by atoms with Crippen LogP contribution in [0, 0.1) is 11.8 Å². The molecule has 0 aliphatic carbocycles. The van der Waals surface area contributed by atoms with E-state index < -0.39 is 9.84 Å². The van der Waals surface area contributed by atoms with Crippen LogP contribution in [0.3, 0.4) is 0 Å². The molecule has 0 unspecified atom stereocenters. The van der Waals surface area contributed by atoms with Crippen molar-refractivity contribution in [1.82, 2.24) is 4.90 Å². The maximum absolute atomic E-state index is 11.1. The summed E-state index contributed by atoms with van der Waals surface area (Å²) in [5, 5.41) is 0. The molecule has 3 nitrogen and oxygen atoms in total. The third-order valence-electron chi connectivity index (χ3n) is 2.04. The number of hydrogen-bond acceptors (Lipinski definition) is 3. The van der Waals surface area contributed by atoms with Crippen LogP contribution in [0.1, 0.15) is 13.3 Å². The lowest BCUT2D eigenvalue weighted by atomic mass is 10.4. The predicted molar refractivity (Wildman–Crippen MR) is 53.2 cm³/mol. The van der Waals surface area contributed by atoms with Crippen molar-refractivity contribution in [3.63, 3.8) is 0 Å². The minimum Gasteiger partial charge on any atom is -0.290 e. The zero-order valence-corrected chi connectivity index (χ0v) is 8.73. The molecule has 1 aliphatic heterocycles. The van der Waals surface area contributed by atoms with E-state index in [2.05, 4.69) is 16.7 Å². The van der Waals surface area contributed by atoms with Crippen LogP contribution < -0.4 is 0 Å². The van der Waals surface area contributed by atoms with Gasteiger partial charge in [0.1, 0.15) is 0 Å². The maximum atomic E-state index is 11.1. The molecule has 0 N–H and O–H groups in total. The van der Waals surface area contributed by atoms with Gasteiger partial charge in [0.2, 0.25) is 0 Å². The minimum atomic E-state index is -2.74. The molecule has 1 rings (SSSR count). The van der Waals surface area contributed by atoms with Crippen LogP contribution in [0.25, 0.3) is 0 Å². The lowest BCUT2D eigenvalue weighted by Crippen LogP contribution is -2.40. The summed E-state index contributed by atoms with van der Waals surface area (Å²) in [5.41, 5.74) is 0. The lowest BCUT2D eigenvalue weighted by Gasteiger charge is -2.24. The van der Waals surface area contributed by atoms with Gasteiger partial charge in [0.25, 0.3) is 0 Å². The van der Waals surface area contributed by atoms with Crippen molar-refractivity contribution in [3.8, 4) is 11.8 Å². The van der Waals surface area contributed by atoms with E-state index in [1.165, 1.54) is 0 Å². The SMILES string of the molecule is CCC#CCN1CCS(=O)(=O)CC1. The molecule has 0 atom stereocenters. The molecule has 1 fully saturated rings. The monoisotopic (exact) mass is 201 g/mol. The predicted octanol–water partition coefficient (Wildman–Crippen LogP) is 0.130. The summed E-state index contributed by atoms with van der Waals surface area (Å²) in [6.45, 7) is 4.00. The van der Waals surface area contributed by atoms with Gasteiger partial charge < -0.3 is 0 Å². The molecule has 0 saturated carbocycles. The van der Waals surface area contributed by atoms with Crippen molar-refractivity contribution in [2.45, 2.75) is 13.3 Å². The van der Waals surface area contributed by atoms with Crippen LogP contribution in [0.5, 0.6) is 0 Å². The van der Waals surface area contributed by atoms with Crippen molar-refractivity contribution >= 4 is 9.84 Å². The third kappa shape index (κ3) is 3.79. The van der Waals surface area contributed by atoms with E-state index in [0.29, 0.717) is 31.1 Å². The highest BCUT2D eigenvalue weighted by Gasteiger charge is 2.20. The Morgan fingerprint density at radius 2 is 1.85 bits per heavy atom. The van der Waals surface area contributed by atoms with Gasteiger partial charge in [-0.15, -0.1) is 5.92 Å². The summed E-state index contributed by atoms with van der Waals surface area (Å²) in [6.07, 6.45) is 0.867. The van der Waals surface area contributed by atoms with Crippen molar-refractivity contribution in [2.24, 2.45) is 0 Å². The van der Waals surface area contributed by atoms with Crippen LogP contribution in [-0.4, -0.2) is 44.5 Å². The Bertz CT molecular complexity index is 296. The van der Waals surface area contributed by atoms with Gasteiger partial charge in [-0.3, -0.25) is 4.90 Å². The fourth-order valence-electron chi connectivity index (χ4n) is 1.20. The highest BCUT2D eigenvalue weighted by Crippen LogP contribution is 2.02. The van der Waals surface area contributed by atoms with Gasteiger partial charge in [-0.05, 0) is 0 Å². The van der Waals surface area contributed by atoms with E-state index >= 15 is 0 Å². The molecule has 0 aromatic carbocycles. The van der Waals surface area contributed by atoms with Crippen molar-refractivity contribution in [2.75, 3.05) is 31.1 Å². The Morgan fingerprint density at radius 1 is 1.23 bits per heavy atom. The van der Waals surface area contributed by atoms with Gasteiger partial charge in [0.15, 0.2) is 9.84 Å². The first-order valence-electron chi connectivity index (χ1n) is 4.52. The molecule has 0 bridgehead atoms. The van der Waals surface area contributed by atoms with E-state index in [1.807, 2.05) is 6.92 Å². The summed E-state index contributed by atoms with van der Waals surface area (Å²) in [5.74, 6) is 6.57. The summed E-state index contributed by atoms with van der Waals surface area (Å²) < 4.78 is 22.1. The number of sulfone groups is 1. The largest absolute Gasteiger partial charge is 0.290 e. The van der Waals surface area contributed by atoms with Crippen LogP contribution in [-0.2, 0) is 9.84 Å². The maximum Gasteiger partial charge on any atom is 0.152 e. The number of nitrogens with zero attached hydrogens (tertiary/aromatic N) is 1. The molecule has 4 heteroatoms. The van der Waals surface area contributed by atoms with Gasteiger partial charge in [-0.2, -0.15) is 0 Å². The molecule has 0 amide bonds. The van der Waals surface area contributed by atoms with Gasteiger partial charge in [0.05, 0.1) is 18.1 Å². The van der Waals surface area contributed by atoms with Crippen molar-refractivity contribution in [1.29, 1.82) is 0 Å². The zero-order valence-electron chi connectivity index (χ0n) is 7.91. The summed E-state index contributed by atoms with van der Waals surface area (Å²) in [7, 11) is -2.74. The van der Waals surface area contributed by atoms with E-state index in [4.69, 9.17) is 0 Å². The minimum absolute atomic E-state index is 0.292. The first-order valence-corrected chi connectivity index (χ1v) is 6.34. The average molecular weight is 201 g/mol. The van der Waals surface area contributed by atoms with Gasteiger partial charge >= 0.3 is 0 Å². The molecule has 1 heterocycles. The molecule has 13 heavy (non-hydrogen) atoms. The Hall–Kier alpha value is -0.530. The first kappa shape index (κ1) is 10.6. The number of rotatable bonds is 1. The Balaban J connectivity index is 2.33. The van der Waals surface area contributed by atoms with Crippen LogP contribution in [0.15, 0.2) is 0 Å². The highest BCUT2D eigenvalue weighted by atomic mass is 32.2. The van der Waals surface area contributed by atoms with Crippen LogP contribution in [0.2, 0.25) is 0 Å². The van der Waals surface area contributed by atoms with E-state index in [0.717, 1.165) is 6.42 Å². The average Bonchev–Trinajstić information content (AvgIpc) is 2.08. The molecule has 0 spiro atoms. The first-order chi connectivity index (χ1) is 6.14. The second-order valence-corrected chi connectivity index (χ2v) is 5.44. The molecule has 0 radical (unpaired) electrons. The molecule has 1 saturated heterocycles. The van der Waals surface area contributed by atoms with Gasteiger partial charge in [-0.1, -0.05) is 12.8 Å². The molecule has 1 aliphatic rings. The lowest BCUT2D eigenvalue weighted by molar-refractivity contribution is 0.331. The van der Waals surface area contributed by atoms with E-state index in [9.17, 15) is 8.42 Å². The Morgan fingerprint density at radius 3 is 2.38 bits per heavy atom. The van der Waals surface area contributed by atoms with Gasteiger partial charge in [-0.25, -0.2) is 8.42 Å². The van der Waals surface area contributed by atoms with E-state index in [-0.39, 0.29) is 0 Å². The number of hydrogen-bond donors (Lipinski definition) is 0. The molecule has 0 aromatic rings. The smallest absolute Gasteiger partial charge is 0.152 e. The zero-order chi connectivity index (χ0) is 9.73. The van der Waals surface area contributed by atoms with Crippen molar-refractivity contribution < 1.29 is 8.42 Å². The third-order valence-corrected chi connectivity index (χ3v) is 3.65. The standard InChI is InChI=1S/C9H15NO2S/c1-2-3-4-5-10-6-8-13(11,12)9-7-10/h2,5-9H2,1H3. The van der Waals surface area contributed by atoms with E-state index in [1.54, 1.807) is 0 Å². The van der Waals surface area contributed by atoms with Gasteiger partial charge in [0, 0.05) is 19.5 Å². The summed E-state index contributed by atoms with van der Waals surface area (Å²) >= 11 is 0. The second kappa shape index (κ2) is 4.64. The highest BCUT2D eigenvalue weighted by molar-refractivity contribution is 7.91.